The zero-order chi connectivity index (χ0) is 27.1. The third-order valence-electron chi connectivity index (χ3n) is 12.2. The maximum Gasteiger partial charge on any atom is 0.303 e. The molecule has 0 saturated heterocycles. The highest BCUT2D eigenvalue weighted by Crippen LogP contribution is 2.74. The predicted octanol–water partition coefficient (Wildman–Crippen LogP) is 4.68. The van der Waals surface area contributed by atoms with Crippen LogP contribution in [0.5, 0.6) is 0 Å². The summed E-state index contributed by atoms with van der Waals surface area (Å²) in [7, 11) is 0. The van der Waals surface area contributed by atoms with Crippen LogP contribution in [-0.4, -0.2) is 55.9 Å². The Kier molecular flexibility index (Phi) is 6.65. The molecular weight excluding hydrogens is 456 g/mol. The summed E-state index contributed by atoms with van der Waals surface area (Å²) in [6.07, 6.45) is 4.71. The van der Waals surface area contributed by atoms with Crippen LogP contribution in [0.3, 0.4) is 0 Å². The molecule has 0 heterocycles. The molecule has 0 aromatic carbocycles. The first-order valence-corrected chi connectivity index (χ1v) is 14.0. The van der Waals surface area contributed by atoms with Gasteiger partial charge in [-0.15, -0.1) is 0 Å². The minimum atomic E-state index is -1.30. The van der Waals surface area contributed by atoms with Crippen molar-refractivity contribution >= 4 is 5.97 Å². The molecule has 0 spiro atoms. The summed E-state index contributed by atoms with van der Waals surface area (Å²) in [5, 5.41) is 54.2. The van der Waals surface area contributed by atoms with Crippen LogP contribution < -0.4 is 0 Å². The van der Waals surface area contributed by atoms with Crippen LogP contribution in [0.4, 0.5) is 0 Å². The standard InChI is InChI=1S/C30H50O6/c1-25(2)14-19-18-8-9-20-26(3,12-11-24(34)35)21(29(6,36)17-31)10-13-28(20,5)30(18,7)23(33)16-27(19,4)22(32)15-25/h20-23,31-33,36H,8-17H2,1-7H3,(H,34,35)/t20-,21-,22?,23?,26-,27-,28-,29-,30+/m1/s1. The van der Waals surface area contributed by atoms with E-state index in [1.165, 1.54) is 11.1 Å². The second-order valence-corrected chi connectivity index (χ2v) is 14.9. The molecule has 4 rings (SSSR count). The summed E-state index contributed by atoms with van der Waals surface area (Å²) in [5.41, 5.74) is -0.336. The summed E-state index contributed by atoms with van der Waals surface area (Å²) in [6.45, 7) is 14.6. The molecule has 0 bridgehead atoms. The van der Waals surface area contributed by atoms with Crippen molar-refractivity contribution in [3.05, 3.63) is 11.1 Å². The van der Waals surface area contributed by atoms with Gasteiger partial charge in [0.15, 0.2) is 0 Å². The Morgan fingerprint density at radius 1 is 1.00 bits per heavy atom. The third-order valence-corrected chi connectivity index (χ3v) is 12.2. The predicted molar refractivity (Wildman–Crippen MR) is 139 cm³/mol. The molecule has 5 N–H and O–H groups in total. The minimum Gasteiger partial charge on any atom is -0.481 e. The molecule has 4 aliphatic carbocycles. The molecule has 2 unspecified atom stereocenters. The molecule has 0 aromatic rings. The molecule has 206 valence electrons. The van der Waals surface area contributed by atoms with Gasteiger partial charge in [0.05, 0.1) is 24.4 Å². The van der Waals surface area contributed by atoms with Crippen LogP contribution in [0.15, 0.2) is 11.1 Å². The number of aliphatic carboxylic acids is 1. The van der Waals surface area contributed by atoms with Gasteiger partial charge in [-0.1, -0.05) is 52.7 Å². The van der Waals surface area contributed by atoms with Crippen molar-refractivity contribution in [3.63, 3.8) is 0 Å². The zero-order valence-corrected chi connectivity index (χ0v) is 23.5. The van der Waals surface area contributed by atoms with Crippen molar-refractivity contribution in [1.29, 1.82) is 0 Å². The Bertz CT molecular complexity index is 938. The number of aliphatic hydroxyl groups excluding tert-OH is 3. The smallest absolute Gasteiger partial charge is 0.303 e. The number of hydrogen-bond donors (Lipinski definition) is 5. The summed E-state index contributed by atoms with van der Waals surface area (Å²) < 4.78 is 0. The first-order chi connectivity index (χ1) is 16.4. The van der Waals surface area contributed by atoms with Crippen molar-refractivity contribution in [2.75, 3.05) is 6.61 Å². The van der Waals surface area contributed by atoms with Crippen LogP contribution >= 0.6 is 0 Å². The van der Waals surface area contributed by atoms with Gasteiger partial charge in [-0.05, 0) is 86.4 Å². The summed E-state index contributed by atoms with van der Waals surface area (Å²) in [4.78, 5) is 11.7. The van der Waals surface area contributed by atoms with Crippen LogP contribution in [0.2, 0.25) is 0 Å². The van der Waals surface area contributed by atoms with Gasteiger partial charge in [0.25, 0.3) is 0 Å². The number of carboxylic acids is 1. The average molecular weight is 507 g/mol. The highest BCUT2D eigenvalue weighted by Gasteiger charge is 2.69. The highest BCUT2D eigenvalue weighted by molar-refractivity contribution is 5.66. The van der Waals surface area contributed by atoms with Gasteiger partial charge in [0.2, 0.25) is 0 Å². The number of hydrogen-bond acceptors (Lipinski definition) is 5. The Hall–Kier alpha value is -0.950. The first-order valence-electron chi connectivity index (χ1n) is 14.0. The normalized spacial score (nSPS) is 47.9. The van der Waals surface area contributed by atoms with Crippen LogP contribution in [0.25, 0.3) is 0 Å². The van der Waals surface area contributed by atoms with Crippen molar-refractivity contribution in [3.8, 4) is 0 Å². The van der Waals surface area contributed by atoms with Crippen molar-refractivity contribution in [2.24, 2.45) is 38.9 Å². The van der Waals surface area contributed by atoms with E-state index in [0.29, 0.717) is 19.3 Å². The van der Waals surface area contributed by atoms with E-state index in [1.807, 2.05) is 0 Å². The summed E-state index contributed by atoms with van der Waals surface area (Å²) in [6, 6.07) is 0. The summed E-state index contributed by atoms with van der Waals surface area (Å²) >= 11 is 0. The molecule has 0 amide bonds. The van der Waals surface area contributed by atoms with E-state index in [0.717, 1.165) is 32.1 Å². The second kappa shape index (κ2) is 8.53. The van der Waals surface area contributed by atoms with E-state index in [2.05, 4.69) is 41.5 Å². The van der Waals surface area contributed by atoms with Crippen LogP contribution in [-0.2, 0) is 4.79 Å². The fraction of sp³-hybridized carbons (Fsp3) is 0.900. The maximum absolute atomic E-state index is 12.0. The lowest BCUT2D eigenvalue weighted by Gasteiger charge is -2.70. The van der Waals surface area contributed by atoms with Gasteiger partial charge in [0, 0.05) is 17.3 Å². The number of carboxylic acid groups (broad SMARTS) is 1. The number of aliphatic hydroxyl groups is 4. The fourth-order valence-corrected chi connectivity index (χ4v) is 10.0. The molecule has 36 heavy (non-hydrogen) atoms. The first kappa shape index (κ1) is 28.1. The number of carbonyl (C=O) groups is 1. The maximum atomic E-state index is 12.0. The van der Waals surface area contributed by atoms with Gasteiger partial charge in [0.1, 0.15) is 0 Å². The van der Waals surface area contributed by atoms with Gasteiger partial charge < -0.3 is 25.5 Å². The van der Waals surface area contributed by atoms with Crippen LogP contribution in [0.1, 0.15) is 106 Å². The largest absolute Gasteiger partial charge is 0.481 e. The molecular formula is C30H50O6. The molecule has 3 fully saturated rings. The Morgan fingerprint density at radius 2 is 1.64 bits per heavy atom. The molecule has 9 atom stereocenters. The quantitative estimate of drug-likeness (QED) is 0.346. The number of rotatable bonds is 5. The van der Waals surface area contributed by atoms with Crippen molar-refractivity contribution < 1.29 is 30.3 Å². The van der Waals surface area contributed by atoms with E-state index >= 15 is 0 Å². The molecule has 3 saturated carbocycles. The van der Waals surface area contributed by atoms with E-state index in [4.69, 9.17) is 0 Å². The van der Waals surface area contributed by atoms with E-state index in [1.54, 1.807) is 6.92 Å². The lowest BCUT2D eigenvalue weighted by Crippen LogP contribution is -2.66. The lowest BCUT2D eigenvalue weighted by atomic mass is 9.35. The van der Waals surface area contributed by atoms with Gasteiger partial charge >= 0.3 is 5.97 Å². The Morgan fingerprint density at radius 3 is 2.22 bits per heavy atom. The average Bonchev–Trinajstić information content (AvgIpc) is 2.75. The van der Waals surface area contributed by atoms with Gasteiger partial charge in [-0.3, -0.25) is 4.79 Å². The van der Waals surface area contributed by atoms with E-state index < -0.39 is 40.0 Å². The highest BCUT2D eigenvalue weighted by atomic mass is 16.4. The van der Waals surface area contributed by atoms with Crippen molar-refractivity contribution in [1.82, 2.24) is 0 Å². The van der Waals surface area contributed by atoms with Crippen LogP contribution in [0, 0.1) is 38.9 Å². The monoisotopic (exact) mass is 506 g/mol. The zero-order valence-electron chi connectivity index (χ0n) is 23.5. The molecule has 0 aromatic heterocycles. The minimum absolute atomic E-state index is 0.00426. The Labute approximate surface area is 217 Å². The lowest BCUT2D eigenvalue weighted by molar-refractivity contribution is -0.216. The van der Waals surface area contributed by atoms with E-state index in [9.17, 15) is 30.3 Å². The number of fused-ring (bicyclic) bond motifs is 4. The van der Waals surface area contributed by atoms with E-state index in [-0.39, 0.29) is 35.7 Å². The molecule has 6 nitrogen and oxygen atoms in total. The molecule has 0 aliphatic heterocycles. The third kappa shape index (κ3) is 3.76. The second-order valence-electron chi connectivity index (χ2n) is 14.9. The van der Waals surface area contributed by atoms with Gasteiger partial charge in [-0.25, -0.2) is 0 Å². The SMILES string of the molecule is CC1(C)CC2=C3CC[C@@H]4[C@@](C)(CCC(=O)O)[C@H]([C@](C)(O)CO)CC[C@@]4(C)[C@]3(C)C(O)C[C@@]2(C)C(O)C1. The topological polar surface area (TPSA) is 118 Å². The van der Waals surface area contributed by atoms with Gasteiger partial charge in [-0.2, -0.15) is 0 Å². The Balaban J connectivity index is 1.87. The summed E-state index contributed by atoms with van der Waals surface area (Å²) in [5.74, 6) is -0.981. The molecule has 0 radical (unpaired) electrons. The fourth-order valence-electron chi connectivity index (χ4n) is 10.0. The molecule has 6 heteroatoms. The van der Waals surface area contributed by atoms with Crippen molar-refractivity contribution in [2.45, 2.75) is 124 Å². The molecule has 4 aliphatic rings.